The first-order valence-corrected chi connectivity index (χ1v) is 8.62. The minimum absolute atomic E-state index is 0.0767. The van der Waals surface area contributed by atoms with E-state index in [1.807, 2.05) is 27.7 Å². The van der Waals surface area contributed by atoms with E-state index in [0.717, 1.165) is 0 Å². The molecule has 0 spiro atoms. The number of nitrogens with zero attached hydrogens (tertiary/aromatic N) is 2. The Kier molecular flexibility index (Phi) is 6.40. The molecule has 21 heavy (non-hydrogen) atoms. The van der Waals surface area contributed by atoms with Gasteiger partial charge in [0.2, 0.25) is 10.0 Å². The molecule has 0 unspecified atom stereocenters. The van der Waals surface area contributed by atoms with Crippen molar-refractivity contribution in [2.24, 2.45) is 17.7 Å². The number of nitrogen functional groups attached to an aromatic ring is 1. The van der Waals surface area contributed by atoms with E-state index in [4.69, 9.17) is 17.4 Å². The number of pyridine rings is 1. The fraction of sp³-hybridized carbons (Fsp3) is 0.615. The van der Waals surface area contributed by atoms with Crippen LogP contribution in [-0.4, -0.2) is 30.8 Å². The number of hydrogen-bond acceptors (Lipinski definition) is 5. The molecule has 0 aromatic carbocycles. The molecule has 1 rings (SSSR count). The molecule has 0 amide bonds. The van der Waals surface area contributed by atoms with E-state index >= 15 is 0 Å². The van der Waals surface area contributed by atoms with Crippen LogP contribution in [0.5, 0.6) is 0 Å². The van der Waals surface area contributed by atoms with Crippen molar-refractivity contribution in [3.8, 4) is 0 Å². The van der Waals surface area contributed by atoms with Gasteiger partial charge in [0, 0.05) is 19.3 Å². The lowest BCUT2D eigenvalue weighted by atomic mass is 10.2. The predicted octanol–water partition coefficient (Wildman–Crippen LogP) is 2.32. The molecule has 1 heterocycles. The van der Waals surface area contributed by atoms with E-state index in [-0.39, 0.29) is 27.6 Å². The molecule has 0 saturated heterocycles. The van der Waals surface area contributed by atoms with Gasteiger partial charge < -0.3 is 5.43 Å². The highest BCUT2D eigenvalue weighted by molar-refractivity contribution is 7.89. The van der Waals surface area contributed by atoms with E-state index < -0.39 is 10.0 Å². The second-order valence-corrected chi connectivity index (χ2v) is 8.10. The van der Waals surface area contributed by atoms with E-state index in [1.165, 1.54) is 16.6 Å². The molecule has 3 N–H and O–H groups in total. The van der Waals surface area contributed by atoms with Crippen molar-refractivity contribution in [2.75, 3.05) is 18.5 Å². The zero-order valence-electron chi connectivity index (χ0n) is 12.8. The van der Waals surface area contributed by atoms with Gasteiger partial charge in [0.1, 0.15) is 4.90 Å². The van der Waals surface area contributed by atoms with Crippen LogP contribution in [0.25, 0.3) is 0 Å². The zero-order valence-corrected chi connectivity index (χ0v) is 14.4. The topological polar surface area (TPSA) is 88.3 Å². The van der Waals surface area contributed by atoms with Crippen LogP contribution in [0, 0.1) is 11.8 Å². The van der Waals surface area contributed by atoms with E-state index in [9.17, 15) is 8.42 Å². The molecule has 0 aliphatic carbocycles. The van der Waals surface area contributed by atoms with Crippen molar-refractivity contribution < 1.29 is 8.42 Å². The first-order chi connectivity index (χ1) is 9.68. The quantitative estimate of drug-likeness (QED) is 0.590. The molecule has 0 aliphatic heterocycles. The Morgan fingerprint density at radius 3 is 2.19 bits per heavy atom. The number of nitrogens with two attached hydrogens (primary N) is 1. The van der Waals surface area contributed by atoms with Gasteiger partial charge in [-0.15, -0.1) is 0 Å². The maximum atomic E-state index is 12.7. The highest BCUT2D eigenvalue weighted by atomic mass is 35.5. The van der Waals surface area contributed by atoms with E-state index in [0.29, 0.717) is 13.1 Å². The summed E-state index contributed by atoms with van der Waals surface area (Å²) in [5.41, 5.74) is 2.32. The normalized spacial score (nSPS) is 12.4. The van der Waals surface area contributed by atoms with Crippen LogP contribution in [0.15, 0.2) is 17.2 Å². The number of sulfonamides is 1. The average Bonchev–Trinajstić information content (AvgIpc) is 2.36. The van der Waals surface area contributed by atoms with Crippen LogP contribution in [-0.2, 0) is 10.0 Å². The summed E-state index contributed by atoms with van der Waals surface area (Å²) in [6, 6.07) is 1.37. The summed E-state index contributed by atoms with van der Waals surface area (Å²) in [6.07, 6.45) is 1.27. The Morgan fingerprint density at radius 2 is 1.81 bits per heavy atom. The summed E-state index contributed by atoms with van der Waals surface area (Å²) in [5.74, 6) is 5.95. The summed E-state index contributed by atoms with van der Waals surface area (Å²) < 4.78 is 26.9. The Labute approximate surface area is 131 Å². The number of hydrogen-bond donors (Lipinski definition) is 2. The van der Waals surface area contributed by atoms with Gasteiger partial charge in [0.05, 0.1) is 5.02 Å². The second-order valence-electron chi connectivity index (χ2n) is 5.76. The molecule has 0 atom stereocenters. The van der Waals surface area contributed by atoms with Crippen LogP contribution in [0.2, 0.25) is 5.02 Å². The zero-order chi connectivity index (χ0) is 16.2. The smallest absolute Gasteiger partial charge is 0.244 e. The van der Waals surface area contributed by atoms with Gasteiger partial charge in [0.15, 0.2) is 5.82 Å². The molecular weight excluding hydrogens is 312 g/mol. The first kappa shape index (κ1) is 18.2. The third kappa shape index (κ3) is 4.81. The number of nitrogens with one attached hydrogen (secondary N) is 1. The van der Waals surface area contributed by atoms with Crippen LogP contribution in [0.4, 0.5) is 5.82 Å². The average molecular weight is 335 g/mol. The molecule has 8 heteroatoms. The lowest BCUT2D eigenvalue weighted by molar-refractivity contribution is 0.333. The Morgan fingerprint density at radius 1 is 1.29 bits per heavy atom. The molecular formula is C13H23ClN4O2S. The molecule has 0 saturated carbocycles. The maximum absolute atomic E-state index is 12.7. The lowest BCUT2D eigenvalue weighted by Crippen LogP contribution is -2.37. The van der Waals surface area contributed by atoms with E-state index in [1.54, 1.807) is 0 Å². The standard InChI is InChI=1S/C13H23ClN4O2S/c1-9(2)7-18(8-10(3)4)21(19,20)11-5-12(14)13(17-15)16-6-11/h5-6,9-10H,7-8,15H2,1-4H3,(H,16,17). The van der Waals surface area contributed by atoms with Crippen molar-refractivity contribution in [1.82, 2.24) is 9.29 Å². The van der Waals surface area contributed by atoms with Gasteiger partial charge in [-0.3, -0.25) is 0 Å². The van der Waals surface area contributed by atoms with Gasteiger partial charge in [-0.2, -0.15) is 4.31 Å². The van der Waals surface area contributed by atoms with Gasteiger partial charge in [-0.25, -0.2) is 19.2 Å². The minimum Gasteiger partial charge on any atom is -0.307 e. The molecule has 1 aromatic heterocycles. The molecule has 120 valence electrons. The van der Waals surface area contributed by atoms with Crippen molar-refractivity contribution >= 4 is 27.4 Å². The third-order valence-electron chi connectivity index (χ3n) is 2.73. The number of anilines is 1. The Bertz CT molecular complexity index is 566. The summed E-state index contributed by atoms with van der Waals surface area (Å²) in [5, 5.41) is 0.174. The van der Waals surface area contributed by atoms with Crippen molar-refractivity contribution in [3.63, 3.8) is 0 Å². The van der Waals surface area contributed by atoms with Crippen LogP contribution in [0.3, 0.4) is 0 Å². The van der Waals surface area contributed by atoms with Gasteiger partial charge in [-0.05, 0) is 17.9 Å². The number of rotatable bonds is 7. The molecule has 0 aliphatic rings. The number of aromatic nitrogens is 1. The molecule has 0 bridgehead atoms. The van der Waals surface area contributed by atoms with Crippen LogP contribution < -0.4 is 11.3 Å². The third-order valence-corrected chi connectivity index (χ3v) is 4.81. The monoisotopic (exact) mass is 334 g/mol. The summed E-state index contributed by atoms with van der Waals surface area (Å²) in [6.45, 7) is 8.83. The summed E-state index contributed by atoms with van der Waals surface area (Å²) in [4.78, 5) is 4.01. The lowest BCUT2D eigenvalue weighted by Gasteiger charge is -2.25. The van der Waals surface area contributed by atoms with Crippen LogP contribution in [0.1, 0.15) is 27.7 Å². The molecule has 6 nitrogen and oxygen atoms in total. The fourth-order valence-corrected chi connectivity index (χ4v) is 3.93. The largest absolute Gasteiger partial charge is 0.307 e. The van der Waals surface area contributed by atoms with Gasteiger partial charge >= 0.3 is 0 Å². The number of hydrazine groups is 1. The SMILES string of the molecule is CC(C)CN(CC(C)C)S(=O)(=O)c1cnc(NN)c(Cl)c1. The van der Waals surface area contributed by atoms with Crippen molar-refractivity contribution in [3.05, 3.63) is 17.3 Å². The Hall–Kier alpha value is -0.890. The highest BCUT2D eigenvalue weighted by Crippen LogP contribution is 2.24. The maximum Gasteiger partial charge on any atom is 0.244 e. The second kappa shape index (κ2) is 7.40. The van der Waals surface area contributed by atoms with Crippen molar-refractivity contribution in [2.45, 2.75) is 32.6 Å². The van der Waals surface area contributed by atoms with Gasteiger partial charge in [-0.1, -0.05) is 39.3 Å². The Balaban J connectivity index is 3.18. The summed E-state index contributed by atoms with van der Waals surface area (Å²) in [7, 11) is -3.62. The molecule has 0 radical (unpaired) electrons. The van der Waals surface area contributed by atoms with Gasteiger partial charge in [0.25, 0.3) is 0 Å². The molecule has 0 fully saturated rings. The van der Waals surface area contributed by atoms with Crippen molar-refractivity contribution in [1.29, 1.82) is 0 Å². The minimum atomic E-state index is -3.62. The fourth-order valence-electron chi connectivity index (χ4n) is 1.90. The molecule has 1 aromatic rings. The summed E-state index contributed by atoms with van der Waals surface area (Å²) >= 11 is 5.96. The van der Waals surface area contributed by atoms with Crippen LogP contribution >= 0.6 is 11.6 Å². The highest BCUT2D eigenvalue weighted by Gasteiger charge is 2.26. The van der Waals surface area contributed by atoms with E-state index in [2.05, 4.69) is 10.4 Å². The number of halogens is 1. The first-order valence-electron chi connectivity index (χ1n) is 6.80. The predicted molar refractivity (Wildman–Crippen MR) is 85.5 cm³/mol.